The molecule has 0 saturated carbocycles. The van der Waals surface area contributed by atoms with Crippen molar-refractivity contribution in [2.75, 3.05) is 12.4 Å². The lowest BCUT2D eigenvalue weighted by molar-refractivity contribution is -0.114. The average Bonchev–Trinajstić information content (AvgIpc) is 2.01. The van der Waals surface area contributed by atoms with Gasteiger partial charge in [-0.05, 0) is 6.07 Å². The number of carbonyl (C=O) groups excluding carboxylic acids is 1. The van der Waals surface area contributed by atoms with Crippen LogP contribution in [0.4, 0.5) is 10.1 Å². The first-order valence-electron chi connectivity index (χ1n) is 3.85. The van der Waals surface area contributed by atoms with Crippen molar-refractivity contribution in [2.24, 2.45) is 0 Å². The number of nitrogens with one attached hydrogen (secondary N) is 1. The SMILES string of the molecule is COc1c(Cl)cc(F)cc1NC(C)=O. The largest absolute Gasteiger partial charge is 0.493 e. The van der Waals surface area contributed by atoms with Crippen LogP contribution in [0.2, 0.25) is 5.02 Å². The maximum absolute atomic E-state index is 12.9. The number of ether oxygens (including phenoxy) is 1. The first-order valence-corrected chi connectivity index (χ1v) is 4.23. The highest BCUT2D eigenvalue weighted by molar-refractivity contribution is 6.32. The molecule has 5 heteroatoms. The van der Waals surface area contributed by atoms with Gasteiger partial charge in [-0.25, -0.2) is 4.39 Å². The predicted molar refractivity (Wildman–Crippen MR) is 52.3 cm³/mol. The van der Waals surface area contributed by atoms with Crippen LogP contribution in [0.5, 0.6) is 5.75 Å². The molecule has 0 aliphatic heterocycles. The summed E-state index contributed by atoms with van der Waals surface area (Å²) in [5.41, 5.74) is 0.227. The number of benzene rings is 1. The minimum atomic E-state index is -0.528. The summed E-state index contributed by atoms with van der Waals surface area (Å²) < 4.78 is 17.8. The molecule has 0 spiro atoms. The zero-order valence-electron chi connectivity index (χ0n) is 7.73. The summed E-state index contributed by atoms with van der Waals surface area (Å²) in [6.07, 6.45) is 0. The van der Waals surface area contributed by atoms with E-state index in [-0.39, 0.29) is 22.4 Å². The molecule has 1 amide bonds. The molecule has 0 heterocycles. The van der Waals surface area contributed by atoms with Crippen molar-refractivity contribution < 1.29 is 13.9 Å². The molecule has 1 aromatic carbocycles. The molecule has 0 saturated heterocycles. The Balaban J connectivity index is 3.17. The quantitative estimate of drug-likeness (QED) is 0.827. The van der Waals surface area contributed by atoms with Gasteiger partial charge in [0.1, 0.15) is 5.82 Å². The molecule has 0 aliphatic rings. The van der Waals surface area contributed by atoms with Crippen LogP contribution in [0, 0.1) is 5.82 Å². The Bertz CT molecular complexity index is 368. The maximum atomic E-state index is 12.9. The average molecular weight is 218 g/mol. The molecule has 1 N–H and O–H groups in total. The molecule has 0 bridgehead atoms. The molecular weight excluding hydrogens is 209 g/mol. The van der Waals surface area contributed by atoms with Gasteiger partial charge in [0.05, 0.1) is 17.8 Å². The van der Waals surface area contributed by atoms with Gasteiger partial charge in [-0.1, -0.05) is 11.6 Å². The van der Waals surface area contributed by atoms with Gasteiger partial charge in [-0.15, -0.1) is 0 Å². The molecule has 14 heavy (non-hydrogen) atoms. The number of halogens is 2. The van der Waals surface area contributed by atoms with Crippen molar-refractivity contribution in [2.45, 2.75) is 6.92 Å². The Labute approximate surface area is 85.8 Å². The molecule has 0 atom stereocenters. The molecule has 0 unspecified atom stereocenters. The van der Waals surface area contributed by atoms with E-state index in [4.69, 9.17) is 16.3 Å². The van der Waals surface area contributed by atoms with Crippen LogP contribution in [0.1, 0.15) is 6.92 Å². The normalized spacial score (nSPS) is 9.71. The zero-order chi connectivity index (χ0) is 10.7. The molecule has 0 aromatic heterocycles. The standard InChI is InChI=1S/C9H9ClFNO2/c1-5(13)12-8-4-6(11)3-7(10)9(8)14-2/h3-4H,1-2H3,(H,12,13). The van der Waals surface area contributed by atoms with Gasteiger partial charge in [0.25, 0.3) is 0 Å². The van der Waals surface area contributed by atoms with Crippen LogP contribution in [0.3, 0.4) is 0 Å². The van der Waals surface area contributed by atoms with Crippen molar-refractivity contribution in [1.29, 1.82) is 0 Å². The lowest BCUT2D eigenvalue weighted by Gasteiger charge is -2.10. The van der Waals surface area contributed by atoms with E-state index in [1.54, 1.807) is 0 Å². The van der Waals surface area contributed by atoms with E-state index in [9.17, 15) is 9.18 Å². The fraction of sp³-hybridized carbons (Fsp3) is 0.222. The Morgan fingerprint density at radius 3 is 2.71 bits per heavy atom. The van der Waals surface area contributed by atoms with Crippen molar-refractivity contribution >= 4 is 23.2 Å². The van der Waals surface area contributed by atoms with Crippen molar-refractivity contribution in [1.82, 2.24) is 0 Å². The Hall–Kier alpha value is -1.29. The fourth-order valence-electron chi connectivity index (χ4n) is 1.05. The number of methoxy groups -OCH3 is 1. The van der Waals surface area contributed by atoms with E-state index in [1.807, 2.05) is 0 Å². The van der Waals surface area contributed by atoms with Crippen LogP contribution in [0.15, 0.2) is 12.1 Å². The highest BCUT2D eigenvalue weighted by Gasteiger charge is 2.11. The predicted octanol–water partition coefficient (Wildman–Crippen LogP) is 2.45. The molecule has 3 nitrogen and oxygen atoms in total. The second-order valence-corrected chi connectivity index (χ2v) is 3.06. The summed E-state index contributed by atoms with van der Waals surface area (Å²) in [5, 5.41) is 2.54. The van der Waals surface area contributed by atoms with Gasteiger partial charge in [0, 0.05) is 13.0 Å². The Kier molecular flexibility index (Phi) is 3.30. The molecule has 1 rings (SSSR count). The number of hydrogen-bond acceptors (Lipinski definition) is 2. The number of rotatable bonds is 2. The second kappa shape index (κ2) is 4.28. The van der Waals surface area contributed by atoms with Crippen molar-refractivity contribution in [3.63, 3.8) is 0 Å². The third-order valence-corrected chi connectivity index (χ3v) is 1.80. The molecule has 0 radical (unpaired) electrons. The summed E-state index contributed by atoms with van der Waals surface area (Å²) in [6, 6.07) is 2.26. The minimum Gasteiger partial charge on any atom is -0.493 e. The van der Waals surface area contributed by atoms with E-state index < -0.39 is 5.82 Å². The van der Waals surface area contributed by atoms with Crippen molar-refractivity contribution in [3.05, 3.63) is 23.0 Å². The van der Waals surface area contributed by atoms with E-state index in [0.29, 0.717) is 0 Å². The number of hydrogen-bond donors (Lipinski definition) is 1. The highest BCUT2D eigenvalue weighted by atomic mass is 35.5. The summed E-state index contributed by atoms with van der Waals surface area (Å²) in [5.74, 6) is -0.590. The van der Waals surface area contributed by atoms with Gasteiger partial charge in [0.15, 0.2) is 5.75 Å². The maximum Gasteiger partial charge on any atom is 0.221 e. The number of amides is 1. The first kappa shape index (κ1) is 10.8. The lowest BCUT2D eigenvalue weighted by Crippen LogP contribution is -2.07. The van der Waals surface area contributed by atoms with Crippen LogP contribution in [-0.2, 0) is 4.79 Å². The molecule has 76 valence electrons. The van der Waals surface area contributed by atoms with Gasteiger partial charge in [0.2, 0.25) is 5.91 Å². The van der Waals surface area contributed by atoms with E-state index in [0.717, 1.165) is 12.1 Å². The molecule has 1 aromatic rings. The van der Waals surface area contributed by atoms with E-state index in [2.05, 4.69) is 5.32 Å². The third kappa shape index (κ3) is 2.35. The Morgan fingerprint density at radius 2 is 2.21 bits per heavy atom. The van der Waals surface area contributed by atoms with Gasteiger partial charge in [-0.2, -0.15) is 0 Å². The minimum absolute atomic E-state index is 0.122. The van der Waals surface area contributed by atoms with Gasteiger partial charge < -0.3 is 10.1 Å². The van der Waals surface area contributed by atoms with E-state index in [1.165, 1.54) is 14.0 Å². The Morgan fingerprint density at radius 1 is 1.57 bits per heavy atom. The number of carbonyl (C=O) groups is 1. The van der Waals surface area contributed by atoms with E-state index >= 15 is 0 Å². The van der Waals surface area contributed by atoms with Crippen LogP contribution >= 0.6 is 11.6 Å². The second-order valence-electron chi connectivity index (χ2n) is 2.65. The lowest BCUT2D eigenvalue weighted by atomic mass is 10.2. The summed E-state index contributed by atoms with van der Waals surface area (Å²) >= 11 is 5.70. The number of anilines is 1. The van der Waals surface area contributed by atoms with Crippen LogP contribution in [-0.4, -0.2) is 13.0 Å². The van der Waals surface area contributed by atoms with Gasteiger partial charge >= 0.3 is 0 Å². The summed E-state index contributed by atoms with van der Waals surface area (Å²) in [7, 11) is 1.39. The first-order chi connectivity index (χ1) is 6.54. The smallest absolute Gasteiger partial charge is 0.221 e. The molecule has 0 fully saturated rings. The molecular formula is C9H9ClFNO2. The molecule has 0 aliphatic carbocycles. The fourth-order valence-corrected chi connectivity index (χ4v) is 1.33. The topological polar surface area (TPSA) is 38.3 Å². The highest BCUT2D eigenvalue weighted by Crippen LogP contribution is 2.33. The van der Waals surface area contributed by atoms with Crippen LogP contribution in [0.25, 0.3) is 0 Å². The monoisotopic (exact) mass is 217 g/mol. The summed E-state index contributed by atoms with van der Waals surface area (Å²) in [4.78, 5) is 10.8. The van der Waals surface area contributed by atoms with Crippen LogP contribution < -0.4 is 10.1 Å². The van der Waals surface area contributed by atoms with Crippen molar-refractivity contribution in [3.8, 4) is 5.75 Å². The summed E-state index contributed by atoms with van der Waals surface area (Å²) in [6.45, 7) is 1.32. The van der Waals surface area contributed by atoms with Gasteiger partial charge in [-0.3, -0.25) is 4.79 Å². The zero-order valence-corrected chi connectivity index (χ0v) is 8.48. The third-order valence-electron chi connectivity index (χ3n) is 1.52.